The average molecular weight is 222 g/mol. The van der Waals surface area contributed by atoms with Crippen molar-refractivity contribution in [3.63, 3.8) is 0 Å². The van der Waals surface area contributed by atoms with Crippen molar-refractivity contribution in [1.82, 2.24) is 9.97 Å². The quantitative estimate of drug-likeness (QED) is 0.814. The van der Waals surface area contributed by atoms with E-state index in [1.807, 2.05) is 6.92 Å². The lowest BCUT2D eigenvalue weighted by Crippen LogP contribution is -2.08. The molecule has 1 saturated carbocycles. The zero-order valence-corrected chi connectivity index (χ0v) is 9.14. The molecule has 86 valence electrons. The third-order valence-electron chi connectivity index (χ3n) is 2.46. The molecule has 0 aromatic carbocycles. The highest BCUT2D eigenvalue weighted by Crippen LogP contribution is 2.41. The lowest BCUT2D eigenvalue weighted by Gasteiger charge is -2.07. The summed E-state index contributed by atoms with van der Waals surface area (Å²) in [6.07, 6.45) is 3.71. The molecule has 16 heavy (non-hydrogen) atoms. The normalized spacial score (nSPS) is 14.8. The zero-order chi connectivity index (χ0) is 11.5. The maximum Gasteiger partial charge on any atom is 0.316 e. The fourth-order valence-corrected chi connectivity index (χ4v) is 1.61. The summed E-state index contributed by atoms with van der Waals surface area (Å²) in [4.78, 5) is 19.0. The van der Waals surface area contributed by atoms with Crippen molar-refractivity contribution < 1.29 is 14.6 Å². The Kier molecular flexibility index (Phi) is 3.03. The van der Waals surface area contributed by atoms with E-state index in [9.17, 15) is 4.79 Å². The first kappa shape index (κ1) is 10.9. The van der Waals surface area contributed by atoms with Gasteiger partial charge in [0.1, 0.15) is 0 Å². The molecule has 0 atom stereocenters. The molecule has 2 rings (SSSR count). The standard InChI is InChI=1S/C11H14N2O3/c1-2-16-11-12-6-8(5-9(14)15)10(13-11)7-3-4-7/h6-7H,2-5H2,1H3,(H,14,15). The van der Waals surface area contributed by atoms with Gasteiger partial charge in [0.05, 0.1) is 18.7 Å². The highest BCUT2D eigenvalue weighted by atomic mass is 16.5. The molecule has 1 aromatic rings. The van der Waals surface area contributed by atoms with Gasteiger partial charge in [-0.3, -0.25) is 4.79 Å². The van der Waals surface area contributed by atoms with Crippen LogP contribution in [0.4, 0.5) is 0 Å². The van der Waals surface area contributed by atoms with Crippen LogP contribution in [-0.2, 0) is 11.2 Å². The number of carbonyl (C=O) groups is 1. The van der Waals surface area contributed by atoms with Crippen LogP contribution in [0.1, 0.15) is 36.9 Å². The van der Waals surface area contributed by atoms with Crippen LogP contribution in [0.25, 0.3) is 0 Å². The Morgan fingerprint density at radius 2 is 2.38 bits per heavy atom. The van der Waals surface area contributed by atoms with Crippen LogP contribution >= 0.6 is 0 Å². The summed E-state index contributed by atoms with van der Waals surface area (Å²) in [6.45, 7) is 2.38. The van der Waals surface area contributed by atoms with Crippen LogP contribution in [0.3, 0.4) is 0 Å². The summed E-state index contributed by atoms with van der Waals surface area (Å²) < 4.78 is 5.21. The van der Waals surface area contributed by atoms with Gasteiger partial charge in [-0.1, -0.05) is 0 Å². The van der Waals surface area contributed by atoms with Gasteiger partial charge in [0, 0.05) is 17.7 Å². The molecule has 0 radical (unpaired) electrons. The van der Waals surface area contributed by atoms with Gasteiger partial charge >= 0.3 is 12.0 Å². The van der Waals surface area contributed by atoms with Crippen LogP contribution in [0.15, 0.2) is 6.20 Å². The highest BCUT2D eigenvalue weighted by Gasteiger charge is 2.29. The Morgan fingerprint density at radius 1 is 1.62 bits per heavy atom. The van der Waals surface area contributed by atoms with Crippen LogP contribution < -0.4 is 4.74 Å². The van der Waals surface area contributed by atoms with E-state index in [2.05, 4.69) is 9.97 Å². The number of rotatable bonds is 5. The Hall–Kier alpha value is -1.65. The maximum absolute atomic E-state index is 10.7. The second-order valence-corrected chi connectivity index (χ2v) is 3.84. The Bertz CT molecular complexity index is 402. The Morgan fingerprint density at radius 3 is 2.94 bits per heavy atom. The van der Waals surface area contributed by atoms with Crippen molar-refractivity contribution in [2.75, 3.05) is 6.61 Å². The summed E-state index contributed by atoms with van der Waals surface area (Å²) in [5.74, 6) is -0.453. The smallest absolute Gasteiger partial charge is 0.316 e. The Labute approximate surface area is 93.5 Å². The van der Waals surface area contributed by atoms with Crippen LogP contribution in [0.5, 0.6) is 6.01 Å². The summed E-state index contributed by atoms with van der Waals surface area (Å²) in [5, 5.41) is 8.78. The number of hydrogen-bond acceptors (Lipinski definition) is 4. The zero-order valence-electron chi connectivity index (χ0n) is 9.14. The van der Waals surface area contributed by atoms with Gasteiger partial charge in [0.15, 0.2) is 0 Å². The average Bonchev–Trinajstić information content (AvgIpc) is 3.03. The summed E-state index contributed by atoms with van der Waals surface area (Å²) in [6, 6.07) is 0.346. The second-order valence-electron chi connectivity index (χ2n) is 3.84. The number of aliphatic carboxylic acids is 1. The predicted octanol–water partition coefficient (Wildman–Crippen LogP) is 1.38. The topological polar surface area (TPSA) is 72.3 Å². The van der Waals surface area contributed by atoms with Crippen LogP contribution in [0, 0.1) is 0 Å². The molecule has 1 N–H and O–H groups in total. The van der Waals surface area contributed by atoms with E-state index in [-0.39, 0.29) is 6.42 Å². The number of aromatic nitrogens is 2. The number of nitrogens with zero attached hydrogens (tertiary/aromatic N) is 2. The molecule has 5 nitrogen and oxygen atoms in total. The Balaban J connectivity index is 2.25. The molecule has 1 fully saturated rings. The fraction of sp³-hybridized carbons (Fsp3) is 0.545. The van der Waals surface area contributed by atoms with E-state index in [0.717, 1.165) is 18.5 Å². The summed E-state index contributed by atoms with van der Waals surface area (Å²) >= 11 is 0. The molecule has 1 aliphatic carbocycles. The van der Waals surface area contributed by atoms with Gasteiger partial charge in [-0.25, -0.2) is 4.98 Å². The molecular formula is C11H14N2O3. The number of carboxylic acids is 1. The van der Waals surface area contributed by atoms with E-state index in [1.54, 1.807) is 6.20 Å². The first-order valence-corrected chi connectivity index (χ1v) is 5.41. The van der Waals surface area contributed by atoms with Gasteiger partial charge in [-0.05, 0) is 19.8 Å². The SMILES string of the molecule is CCOc1ncc(CC(=O)O)c(C2CC2)n1. The van der Waals surface area contributed by atoms with E-state index in [0.29, 0.717) is 24.1 Å². The first-order chi connectivity index (χ1) is 7.70. The minimum absolute atomic E-state index is 0.0156. The van der Waals surface area contributed by atoms with Crippen molar-refractivity contribution in [3.8, 4) is 6.01 Å². The highest BCUT2D eigenvalue weighted by molar-refractivity contribution is 5.70. The molecule has 0 bridgehead atoms. The molecule has 0 amide bonds. The van der Waals surface area contributed by atoms with Gasteiger partial charge in [0.25, 0.3) is 0 Å². The first-order valence-electron chi connectivity index (χ1n) is 5.41. The monoisotopic (exact) mass is 222 g/mol. The van der Waals surface area contributed by atoms with Gasteiger partial charge in [-0.15, -0.1) is 0 Å². The molecule has 1 aliphatic rings. The molecule has 0 aliphatic heterocycles. The molecule has 0 spiro atoms. The third-order valence-corrected chi connectivity index (χ3v) is 2.46. The van der Waals surface area contributed by atoms with Crippen molar-refractivity contribution >= 4 is 5.97 Å². The van der Waals surface area contributed by atoms with Crippen molar-refractivity contribution in [2.24, 2.45) is 0 Å². The van der Waals surface area contributed by atoms with E-state index >= 15 is 0 Å². The molecule has 5 heteroatoms. The summed E-state index contributed by atoms with van der Waals surface area (Å²) in [7, 11) is 0. The molecule has 1 heterocycles. The molecular weight excluding hydrogens is 208 g/mol. The number of ether oxygens (including phenoxy) is 1. The maximum atomic E-state index is 10.7. The van der Waals surface area contributed by atoms with Gasteiger partial charge in [0.2, 0.25) is 0 Å². The van der Waals surface area contributed by atoms with Crippen molar-refractivity contribution in [3.05, 3.63) is 17.5 Å². The molecule has 0 unspecified atom stereocenters. The van der Waals surface area contributed by atoms with Gasteiger partial charge < -0.3 is 9.84 Å². The van der Waals surface area contributed by atoms with Crippen LogP contribution in [-0.4, -0.2) is 27.7 Å². The van der Waals surface area contributed by atoms with Crippen molar-refractivity contribution in [2.45, 2.75) is 32.1 Å². The lowest BCUT2D eigenvalue weighted by atomic mass is 10.1. The largest absolute Gasteiger partial charge is 0.481 e. The van der Waals surface area contributed by atoms with Crippen molar-refractivity contribution in [1.29, 1.82) is 0 Å². The minimum Gasteiger partial charge on any atom is -0.481 e. The van der Waals surface area contributed by atoms with E-state index in [1.165, 1.54) is 0 Å². The number of hydrogen-bond donors (Lipinski definition) is 1. The second kappa shape index (κ2) is 4.47. The predicted molar refractivity (Wildman–Crippen MR) is 56.5 cm³/mol. The van der Waals surface area contributed by atoms with E-state index in [4.69, 9.17) is 9.84 Å². The molecule has 1 aromatic heterocycles. The number of carboxylic acid groups (broad SMARTS) is 1. The fourth-order valence-electron chi connectivity index (χ4n) is 1.61. The minimum atomic E-state index is -0.852. The summed E-state index contributed by atoms with van der Waals surface area (Å²) in [5.41, 5.74) is 1.55. The van der Waals surface area contributed by atoms with Crippen LogP contribution in [0.2, 0.25) is 0 Å². The van der Waals surface area contributed by atoms with Gasteiger partial charge in [-0.2, -0.15) is 4.98 Å². The molecule has 0 saturated heterocycles. The lowest BCUT2D eigenvalue weighted by molar-refractivity contribution is -0.136. The van der Waals surface area contributed by atoms with E-state index < -0.39 is 5.97 Å². The third kappa shape index (κ3) is 2.48.